The molecule has 4 rings (SSSR count). The molecule has 2 heterocycles. The van der Waals surface area contributed by atoms with E-state index >= 15 is 0 Å². The topological polar surface area (TPSA) is 63.3 Å². The number of amides is 1. The summed E-state index contributed by atoms with van der Waals surface area (Å²) in [5.74, 6) is 2.20. The molecule has 2 saturated heterocycles. The number of benzene rings is 2. The molecular formula is C28H35N3O4S. The largest absolute Gasteiger partial charge is 0.496 e. The molecule has 1 amide bonds. The van der Waals surface area contributed by atoms with E-state index in [1.54, 1.807) is 12.0 Å². The van der Waals surface area contributed by atoms with Crippen molar-refractivity contribution in [3.8, 4) is 17.2 Å². The molecule has 0 aromatic heterocycles. The number of ether oxygens (including phenoxy) is 3. The Hall–Kier alpha value is -3.10. The Morgan fingerprint density at radius 3 is 2.44 bits per heavy atom. The Kier molecular flexibility index (Phi) is 8.83. The van der Waals surface area contributed by atoms with Crippen LogP contribution in [-0.4, -0.2) is 60.8 Å². The second-order valence-corrected chi connectivity index (χ2v) is 9.28. The van der Waals surface area contributed by atoms with Crippen LogP contribution in [-0.2, 0) is 17.8 Å². The molecule has 0 atom stereocenters. The van der Waals surface area contributed by atoms with Gasteiger partial charge in [0.1, 0.15) is 11.4 Å². The third kappa shape index (κ3) is 6.17. The predicted octanol–water partition coefficient (Wildman–Crippen LogP) is 4.39. The lowest BCUT2D eigenvalue weighted by Gasteiger charge is -2.17. The summed E-state index contributed by atoms with van der Waals surface area (Å²) >= 11 is 5.49. The Balaban J connectivity index is 1.45. The van der Waals surface area contributed by atoms with Gasteiger partial charge in [-0.2, -0.15) is 0 Å². The van der Waals surface area contributed by atoms with E-state index in [0.717, 1.165) is 53.6 Å². The van der Waals surface area contributed by atoms with E-state index in [1.165, 1.54) is 12.8 Å². The SMILES string of the molecule is CCOc1ccc(CCN2C(=O)/C(=C\c3ccc(OC)c(CN4CCCC4)c3)NC2=S)cc1OCC. The molecule has 36 heavy (non-hydrogen) atoms. The summed E-state index contributed by atoms with van der Waals surface area (Å²) in [6.07, 6.45) is 4.99. The van der Waals surface area contributed by atoms with E-state index in [-0.39, 0.29) is 5.91 Å². The van der Waals surface area contributed by atoms with Crippen LogP contribution in [0.4, 0.5) is 0 Å². The summed E-state index contributed by atoms with van der Waals surface area (Å²) in [6.45, 7) is 8.56. The first-order chi connectivity index (χ1) is 17.5. The number of nitrogens with zero attached hydrogens (tertiary/aromatic N) is 2. The maximum absolute atomic E-state index is 13.2. The molecular weight excluding hydrogens is 474 g/mol. The van der Waals surface area contributed by atoms with Crippen LogP contribution in [0.3, 0.4) is 0 Å². The second kappa shape index (κ2) is 12.2. The first-order valence-corrected chi connectivity index (χ1v) is 13.1. The van der Waals surface area contributed by atoms with E-state index in [2.05, 4.69) is 16.3 Å². The minimum absolute atomic E-state index is 0.118. The monoisotopic (exact) mass is 509 g/mol. The number of carbonyl (C=O) groups excluding carboxylic acids is 1. The second-order valence-electron chi connectivity index (χ2n) is 8.90. The number of methoxy groups -OCH3 is 1. The lowest BCUT2D eigenvalue weighted by atomic mass is 10.1. The number of likely N-dealkylation sites (tertiary alicyclic amines) is 1. The van der Waals surface area contributed by atoms with Gasteiger partial charge in [0, 0.05) is 18.7 Å². The van der Waals surface area contributed by atoms with Crippen molar-refractivity contribution in [3.63, 3.8) is 0 Å². The molecule has 0 aliphatic carbocycles. The minimum Gasteiger partial charge on any atom is -0.496 e. The normalized spacial score (nSPS) is 17.1. The molecule has 0 spiro atoms. The predicted molar refractivity (Wildman–Crippen MR) is 145 cm³/mol. The molecule has 0 bridgehead atoms. The van der Waals surface area contributed by atoms with Crippen molar-refractivity contribution in [1.82, 2.24) is 15.1 Å². The van der Waals surface area contributed by atoms with Gasteiger partial charge in [0.05, 0.1) is 20.3 Å². The number of carbonyl (C=O) groups is 1. The van der Waals surface area contributed by atoms with Gasteiger partial charge in [0.15, 0.2) is 16.6 Å². The fourth-order valence-corrected chi connectivity index (χ4v) is 4.91. The van der Waals surface area contributed by atoms with Gasteiger partial charge in [-0.15, -0.1) is 0 Å². The summed E-state index contributed by atoms with van der Waals surface area (Å²) < 4.78 is 17.0. The van der Waals surface area contributed by atoms with Crippen molar-refractivity contribution < 1.29 is 19.0 Å². The van der Waals surface area contributed by atoms with E-state index in [0.29, 0.717) is 37.0 Å². The lowest BCUT2D eigenvalue weighted by Crippen LogP contribution is -2.32. The van der Waals surface area contributed by atoms with E-state index < -0.39 is 0 Å². The zero-order valence-corrected chi connectivity index (χ0v) is 22.2. The van der Waals surface area contributed by atoms with Crippen LogP contribution in [0.2, 0.25) is 0 Å². The van der Waals surface area contributed by atoms with Gasteiger partial charge in [0.2, 0.25) is 0 Å². The van der Waals surface area contributed by atoms with Crippen LogP contribution in [0.25, 0.3) is 6.08 Å². The highest BCUT2D eigenvalue weighted by Crippen LogP contribution is 2.29. The van der Waals surface area contributed by atoms with Crippen LogP contribution >= 0.6 is 12.2 Å². The van der Waals surface area contributed by atoms with Crippen molar-refractivity contribution in [2.24, 2.45) is 0 Å². The average Bonchev–Trinajstić information content (AvgIpc) is 3.47. The van der Waals surface area contributed by atoms with Crippen molar-refractivity contribution in [2.45, 2.75) is 39.7 Å². The van der Waals surface area contributed by atoms with E-state index in [9.17, 15) is 4.79 Å². The quantitative estimate of drug-likeness (QED) is 0.356. The third-order valence-corrected chi connectivity index (χ3v) is 6.72. The molecule has 0 radical (unpaired) electrons. The summed E-state index contributed by atoms with van der Waals surface area (Å²) in [6, 6.07) is 11.9. The zero-order valence-electron chi connectivity index (χ0n) is 21.3. The molecule has 0 saturated carbocycles. The van der Waals surface area contributed by atoms with Crippen molar-refractivity contribution in [2.75, 3.05) is 40.0 Å². The fraction of sp³-hybridized carbons (Fsp3) is 0.429. The molecule has 0 unspecified atom stereocenters. The van der Waals surface area contributed by atoms with Crippen LogP contribution in [0.1, 0.15) is 43.4 Å². The molecule has 2 aromatic rings. The minimum atomic E-state index is -0.118. The van der Waals surface area contributed by atoms with Crippen LogP contribution in [0, 0.1) is 0 Å². The van der Waals surface area contributed by atoms with Crippen LogP contribution in [0.15, 0.2) is 42.1 Å². The Morgan fingerprint density at radius 1 is 1.00 bits per heavy atom. The molecule has 2 fully saturated rings. The number of thiocarbonyl (C=S) groups is 1. The average molecular weight is 510 g/mol. The number of hydrogen-bond acceptors (Lipinski definition) is 6. The highest BCUT2D eigenvalue weighted by atomic mass is 32.1. The Labute approximate surface area is 219 Å². The molecule has 192 valence electrons. The zero-order chi connectivity index (χ0) is 25.5. The van der Waals surface area contributed by atoms with E-state index in [1.807, 2.05) is 50.3 Å². The maximum atomic E-state index is 13.2. The maximum Gasteiger partial charge on any atom is 0.276 e. The van der Waals surface area contributed by atoms with Crippen molar-refractivity contribution in [3.05, 3.63) is 58.8 Å². The Morgan fingerprint density at radius 2 is 1.72 bits per heavy atom. The van der Waals surface area contributed by atoms with Gasteiger partial charge in [-0.1, -0.05) is 12.1 Å². The van der Waals surface area contributed by atoms with Gasteiger partial charge < -0.3 is 19.5 Å². The molecule has 8 heteroatoms. The highest BCUT2D eigenvalue weighted by molar-refractivity contribution is 7.80. The van der Waals surface area contributed by atoms with Gasteiger partial charge in [-0.25, -0.2) is 0 Å². The van der Waals surface area contributed by atoms with Crippen molar-refractivity contribution in [1.29, 1.82) is 0 Å². The van der Waals surface area contributed by atoms with Crippen LogP contribution < -0.4 is 19.5 Å². The first kappa shape index (κ1) is 26.0. The Bertz CT molecular complexity index is 1130. The first-order valence-electron chi connectivity index (χ1n) is 12.6. The number of nitrogens with one attached hydrogen (secondary N) is 1. The molecule has 1 N–H and O–H groups in total. The van der Waals surface area contributed by atoms with Gasteiger partial charge in [-0.05, 0) is 99.9 Å². The van der Waals surface area contributed by atoms with Crippen LogP contribution in [0.5, 0.6) is 17.2 Å². The molecule has 2 aliphatic rings. The highest BCUT2D eigenvalue weighted by Gasteiger charge is 2.30. The lowest BCUT2D eigenvalue weighted by molar-refractivity contribution is -0.122. The third-order valence-electron chi connectivity index (χ3n) is 6.40. The molecule has 2 aromatic carbocycles. The summed E-state index contributed by atoms with van der Waals surface area (Å²) in [5.41, 5.74) is 3.60. The molecule has 2 aliphatic heterocycles. The van der Waals surface area contributed by atoms with Gasteiger partial charge in [-0.3, -0.25) is 14.6 Å². The summed E-state index contributed by atoms with van der Waals surface area (Å²) in [7, 11) is 1.70. The summed E-state index contributed by atoms with van der Waals surface area (Å²) in [4.78, 5) is 17.2. The standard InChI is InChI=1S/C28H35N3O4S/c1-4-34-25-11-8-20(18-26(25)35-5-2)12-15-31-27(32)23(29-28(31)36)17-21-9-10-24(33-3)22(16-21)19-30-13-6-7-14-30/h8-11,16-18H,4-7,12-15,19H2,1-3H3,(H,29,36)/b23-17+. The van der Waals surface area contributed by atoms with Crippen molar-refractivity contribution >= 4 is 29.3 Å². The molecule has 7 nitrogen and oxygen atoms in total. The van der Waals surface area contributed by atoms with Gasteiger partial charge in [0.25, 0.3) is 5.91 Å². The smallest absolute Gasteiger partial charge is 0.276 e. The van der Waals surface area contributed by atoms with E-state index in [4.69, 9.17) is 26.4 Å². The summed E-state index contributed by atoms with van der Waals surface area (Å²) in [5, 5.41) is 3.52. The number of rotatable bonds is 11. The fourth-order valence-electron chi connectivity index (χ4n) is 4.63. The number of hydrogen-bond donors (Lipinski definition) is 1. The van der Waals surface area contributed by atoms with Gasteiger partial charge >= 0.3 is 0 Å².